The van der Waals surface area contributed by atoms with Crippen LogP contribution >= 0.6 is 11.6 Å². The molecule has 8 heteroatoms. The minimum Gasteiger partial charge on any atom is -0.361 e. The molecule has 0 aliphatic rings. The van der Waals surface area contributed by atoms with E-state index in [4.69, 9.17) is 21.1 Å². The minimum absolute atomic E-state index is 0.151. The number of carbonyl (C=O) groups is 2. The van der Waals surface area contributed by atoms with Crippen molar-refractivity contribution in [2.75, 3.05) is 20.8 Å². The smallest absolute Gasteiger partial charge is 0.253 e. The summed E-state index contributed by atoms with van der Waals surface area (Å²) in [7, 11) is 2.98. The van der Waals surface area contributed by atoms with Crippen LogP contribution in [0.2, 0.25) is 5.02 Å². The number of ether oxygens (including phenoxy) is 2. The number of para-hydroxylation sites is 1. The fourth-order valence-electron chi connectivity index (χ4n) is 3.18. The molecule has 158 valence electrons. The van der Waals surface area contributed by atoms with Gasteiger partial charge in [-0.1, -0.05) is 41.9 Å². The van der Waals surface area contributed by atoms with Crippen LogP contribution in [-0.2, 0) is 20.7 Å². The van der Waals surface area contributed by atoms with Gasteiger partial charge in [0.15, 0.2) is 6.29 Å². The maximum absolute atomic E-state index is 12.9. The first-order chi connectivity index (χ1) is 14.5. The number of carbonyl (C=O) groups excluding carboxylic acids is 2. The lowest BCUT2D eigenvalue weighted by Gasteiger charge is -2.20. The van der Waals surface area contributed by atoms with E-state index in [2.05, 4.69) is 15.6 Å². The Balaban J connectivity index is 1.81. The van der Waals surface area contributed by atoms with Gasteiger partial charge in [-0.2, -0.15) is 0 Å². The van der Waals surface area contributed by atoms with Crippen LogP contribution in [0.5, 0.6) is 0 Å². The molecule has 1 aromatic heterocycles. The number of H-pyrrole nitrogens is 1. The summed E-state index contributed by atoms with van der Waals surface area (Å²) in [6, 6.07) is 13.7. The highest BCUT2D eigenvalue weighted by atomic mass is 35.5. The number of halogens is 1. The van der Waals surface area contributed by atoms with Gasteiger partial charge in [0.05, 0.1) is 17.1 Å². The highest BCUT2D eigenvalue weighted by Crippen LogP contribution is 2.20. The van der Waals surface area contributed by atoms with Gasteiger partial charge in [0.1, 0.15) is 6.04 Å². The first kappa shape index (κ1) is 21.8. The molecule has 0 aliphatic heterocycles. The second-order valence-electron chi connectivity index (χ2n) is 6.72. The highest BCUT2D eigenvalue weighted by molar-refractivity contribution is 6.33. The van der Waals surface area contributed by atoms with Crippen molar-refractivity contribution >= 4 is 34.3 Å². The van der Waals surface area contributed by atoms with Gasteiger partial charge in [-0.05, 0) is 23.8 Å². The Kier molecular flexibility index (Phi) is 7.46. The maximum Gasteiger partial charge on any atom is 0.253 e. The Morgan fingerprint density at radius 1 is 1.07 bits per heavy atom. The number of benzene rings is 2. The summed E-state index contributed by atoms with van der Waals surface area (Å²) in [5.74, 6) is -0.768. The van der Waals surface area contributed by atoms with Crippen LogP contribution < -0.4 is 10.6 Å². The van der Waals surface area contributed by atoms with Crippen molar-refractivity contribution in [1.82, 2.24) is 15.6 Å². The fraction of sp³-hybridized carbons (Fsp3) is 0.273. The fourth-order valence-corrected chi connectivity index (χ4v) is 3.40. The number of rotatable bonds is 9. The number of nitrogens with one attached hydrogen (secondary N) is 3. The van der Waals surface area contributed by atoms with Crippen molar-refractivity contribution in [2.45, 2.75) is 18.8 Å². The summed E-state index contributed by atoms with van der Waals surface area (Å²) in [5.41, 5.74) is 2.19. The van der Waals surface area contributed by atoms with Gasteiger partial charge in [0.2, 0.25) is 5.91 Å². The van der Waals surface area contributed by atoms with Crippen LogP contribution in [0.4, 0.5) is 0 Å². The van der Waals surface area contributed by atoms with E-state index in [1.54, 1.807) is 24.3 Å². The van der Waals surface area contributed by atoms with Crippen molar-refractivity contribution in [3.63, 3.8) is 0 Å². The molecule has 0 aliphatic carbocycles. The van der Waals surface area contributed by atoms with Crippen molar-refractivity contribution in [2.24, 2.45) is 0 Å². The van der Waals surface area contributed by atoms with Gasteiger partial charge < -0.3 is 25.1 Å². The summed E-state index contributed by atoms with van der Waals surface area (Å²) in [4.78, 5) is 28.9. The van der Waals surface area contributed by atoms with Crippen LogP contribution in [-0.4, -0.2) is 49.9 Å². The number of aromatic amines is 1. The Morgan fingerprint density at radius 2 is 1.77 bits per heavy atom. The first-order valence-corrected chi connectivity index (χ1v) is 9.85. The van der Waals surface area contributed by atoms with Crippen LogP contribution in [0.25, 0.3) is 10.9 Å². The zero-order chi connectivity index (χ0) is 21.5. The minimum atomic E-state index is -0.817. The number of hydrogen-bond donors (Lipinski definition) is 3. The topological polar surface area (TPSA) is 92.5 Å². The maximum atomic E-state index is 12.9. The molecule has 7 nitrogen and oxygen atoms in total. The number of methoxy groups -OCH3 is 2. The lowest BCUT2D eigenvalue weighted by atomic mass is 10.0. The van der Waals surface area contributed by atoms with Crippen molar-refractivity contribution < 1.29 is 19.1 Å². The van der Waals surface area contributed by atoms with Gasteiger partial charge in [-0.15, -0.1) is 0 Å². The van der Waals surface area contributed by atoms with Crippen molar-refractivity contribution in [3.05, 3.63) is 70.9 Å². The first-order valence-electron chi connectivity index (χ1n) is 9.47. The standard InChI is InChI=1S/C22H24ClN3O4/c1-29-20(30-2)13-25-22(28)19(26-21(27)16-8-3-5-9-17(16)23)11-14-12-24-18-10-6-4-7-15(14)18/h3-10,12,19-20,24H,11,13H2,1-2H3,(H,25,28)(H,26,27)/t19-/m1/s1. The van der Waals surface area contributed by atoms with Crippen LogP contribution in [0, 0.1) is 0 Å². The molecule has 3 rings (SSSR count). The molecule has 0 unspecified atom stereocenters. The van der Waals surface area contributed by atoms with Gasteiger partial charge in [-0.25, -0.2) is 0 Å². The number of aromatic nitrogens is 1. The van der Waals surface area contributed by atoms with E-state index in [0.29, 0.717) is 17.0 Å². The number of amides is 2. The largest absolute Gasteiger partial charge is 0.361 e. The second kappa shape index (κ2) is 10.2. The molecule has 2 amide bonds. The number of hydrogen-bond acceptors (Lipinski definition) is 4. The predicted molar refractivity (Wildman–Crippen MR) is 116 cm³/mol. The lowest BCUT2D eigenvalue weighted by Crippen LogP contribution is -2.49. The normalized spacial score (nSPS) is 12.1. The Labute approximate surface area is 179 Å². The summed E-state index contributed by atoms with van der Waals surface area (Å²) >= 11 is 6.14. The number of fused-ring (bicyclic) bond motifs is 1. The third kappa shape index (κ3) is 5.18. The molecular formula is C22H24ClN3O4. The molecule has 0 bridgehead atoms. The molecule has 1 heterocycles. The van der Waals surface area contributed by atoms with E-state index in [1.165, 1.54) is 14.2 Å². The molecule has 0 radical (unpaired) electrons. The summed E-state index contributed by atoms with van der Waals surface area (Å²) in [5, 5.41) is 6.89. The van der Waals surface area contributed by atoms with E-state index in [-0.39, 0.29) is 12.5 Å². The van der Waals surface area contributed by atoms with Crippen molar-refractivity contribution in [1.29, 1.82) is 0 Å². The van der Waals surface area contributed by atoms with Gasteiger partial charge in [0.25, 0.3) is 5.91 Å². The van der Waals surface area contributed by atoms with E-state index in [9.17, 15) is 9.59 Å². The summed E-state index contributed by atoms with van der Waals surface area (Å²) in [6.45, 7) is 0.151. The second-order valence-corrected chi connectivity index (χ2v) is 7.12. The Morgan fingerprint density at radius 3 is 2.50 bits per heavy atom. The quantitative estimate of drug-likeness (QED) is 0.456. The molecule has 1 atom stereocenters. The molecule has 0 spiro atoms. The van der Waals surface area contributed by atoms with Gasteiger partial charge >= 0.3 is 0 Å². The van der Waals surface area contributed by atoms with Crippen LogP contribution in [0.1, 0.15) is 15.9 Å². The molecule has 3 aromatic rings. The molecule has 0 saturated heterocycles. The molecule has 3 N–H and O–H groups in total. The predicted octanol–water partition coefficient (Wildman–Crippen LogP) is 2.90. The lowest BCUT2D eigenvalue weighted by molar-refractivity contribution is -0.129. The molecule has 2 aromatic carbocycles. The third-order valence-corrected chi connectivity index (χ3v) is 5.14. The van der Waals surface area contributed by atoms with E-state index in [0.717, 1.165) is 16.5 Å². The third-order valence-electron chi connectivity index (χ3n) is 4.81. The average Bonchev–Trinajstić information content (AvgIpc) is 3.17. The average molecular weight is 430 g/mol. The summed E-state index contributed by atoms with van der Waals surface area (Å²) < 4.78 is 10.2. The monoisotopic (exact) mass is 429 g/mol. The molecule has 0 fully saturated rings. The highest BCUT2D eigenvalue weighted by Gasteiger charge is 2.24. The zero-order valence-corrected chi connectivity index (χ0v) is 17.5. The Hall–Kier alpha value is -2.87. The molecule has 0 saturated carbocycles. The molecular weight excluding hydrogens is 406 g/mol. The van der Waals surface area contributed by atoms with Crippen molar-refractivity contribution in [3.8, 4) is 0 Å². The SMILES string of the molecule is COC(CNC(=O)[C@@H](Cc1c[nH]c2ccccc12)NC(=O)c1ccccc1Cl)OC. The van der Waals surface area contributed by atoms with Gasteiger partial charge in [-0.3, -0.25) is 9.59 Å². The van der Waals surface area contributed by atoms with E-state index < -0.39 is 18.2 Å². The van der Waals surface area contributed by atoms with Gasteiger partial charge in [0, 0.05) is 37.7 Å². The van der Waals surface area contributed by atoms with Crippen LogP contribution in [0.15, 0.2) is 54.7 Å². The van der Waals surface area contributed by atoms with Crippen LogP contribution in [0.3, 0.4) is 0 Å². The zero-order valence-electron chi connectivity index (χ0n) is 16.8. The molecule has 30 heavy (non-hydrogen) atoms. The summed E-state index contributed by atoms with van der Waals surface area (Å²) in [6.07, 6.45) is 1.57. The van der Waals surface area contributed by atoms with E-state index in [1.807, 2.05) is 30.5 Å². The van der Waals surface area contributed by atoms with E-state index >= 15 is 0 Å². The Bertz CT molecular complexity index is 1020.